The van der Waals surface area contributed by atoms with Gasteiger partial charge in [-0.05, 0) is 32.9 Å². The number of hydrogen-bond donors (Lipinski definition) is 3. The molecule has 0 aliphatic heterocycles. The van der Waals surface area contributed by atoms with Crippen molar-refractivity contribution in [2.24, 2.45) is 11.5 Å². The summed E-state index contributed by atoms with van der Waals surface area (Å²) in [5.41, 5.74) is 13.2. The van der Waals surface area contributed by atoms with Gasteiger partial charge in [-0.3, -0.25) is 4.79 Å². The van der Waals surface area contributed by atoms with Gasteiger partial charge < -0.3 is 16.8 Å². The summed E-state index contributed by atoms with van der Waals surface area (Å²) < 4.78 is 0. The van der Waals surface area contributed by atoms with E-state index in [9.17, 15) is 4.79 Å². The predicted octanol–water partition coefficient (Wildman–Crippen LogP) is 1.70. The number of carbonyl (C=O) groups is 1. The number of benzene rings is 1. The number of anilines is 1. The number of nitrogens with two attached hydrogens (primary N) is 2. The molecule has 1 aromatic carbocycles. The number of primary amides is 1. The van der Waals surface area contributed by atoms with E-state index in [2.05, 4.69) is 5.32 Å². The second-order valence-corrected chi connectivity index (χ2v) is 5.51. The lowest BCUT2D eigenvalue weighted by molar-refractivity contribution is -0.118. The van der Waals surface area contributed by atoms with Gasteiger partial charge in [-0.1, -0.05) is 23.8 Å². The van der Waals surface area contributed by atoms with E-state index in [4.69, 9.17) is 23.7 Å². The minimum Gasteiger partial charge on any atom is -0.389 e. The number of amides is 1. The molecule has 5 N–H and O–H groups in total. The molecule has 0 radical (unpaired) electrons. The summed E-state index contributed by atoms with van der Waals surface area (Å²) in [6.45, 7) is 5.78. The predicted molar refractivity (Wildman–Crippen MR) is 78.6 cm³/mol. The molecule has 0 bridgehead atoms. The Morgan fingerprint density at radius 1 is 1.39 bits per heavy atom. The lowest BCUT2D eigenvalue weighted by atomic mass is 9.98. The van der Waals surface area contributed by atoms with Crippen LogP contribution in [0.1, 0.15) is 31.4 Å². The Morgan fingerprint density at radius 3 is 2.50 bits per heavy atom. The van der Waals surface area contributed by atoms with Gasteiger partial charge in [-0.2, -0.15) is 0 Å². The molecule has 0 fully saturated rings. The van der Waals surface area contributed by atoms with Crippen LogP contribution in [0, 0.1) is 6.92 Å². The third kappa shape index (κ3) is 4.00. The molecular weight excluding hydrogens is 246 g/mol. The first-order valence-electron chi connectivity index (χ1n) is 5.68. The summed E-state index contributed by atoms with van der Waals surface area (Å²) >= 11 is 5.03. The largest absolute Gasteiger partial charge is 0.389 e. The molecule has 1 aromatic rings. The monoisotopic (exact) mass is 265 g/mol. The maximum absolute atomic E-state index is 11.0. The average Bonchev–Trinajstić information content (AvgIpc) is 2.18. The fourth-order valence-electron chi connectivity index (χ4n) is 1.82. The molecule has 0 aliphatic carbocycles. The number of nitrogens with one attached hydrogen (secondary N) is 1. The van der Waals surface area contributed by atoms with Gasteiger partial charge in [0.15, 0.2) is 0 Å². The second kappa shape index (κ2) is 5.35. The SMILES string of the molecule is Cc1ccc(NC(C)(C)CC(N)=O)c(C(N)=S)c1. The molecular formula is C13H19N3OS. The number of thiocarbonyl (C=S) groups is 1. The molecule has 98 valence electrons. The lowest BCUT2D eigenvalue weighted by Crippen LogP contribution is -2.36. The maximum atomic E-state index is 11.0. The van der Waals surface area contributed by atoms with E-state index >= 15 is 0 Å². The Morgan fingerprint density at radius 2 is 2.00 bits per heavy atom. The van der Waals surface area contributed by atoms with Crippen LogP contribution in [0.2, 0.25) is 0 Å². The van der Waals surface area contributed by atoms with Crippen LogP contribution in [0.3, 0.4) is 0 Å². The van der Waals surface area contributed by atoms with E-state index in [-0.39, 0.29) is 12.3 Å². The molecule has 0 atom stereocenters. The molecule has 5 heteroatoms. The van der Waals surface area contributed by atoms with E-state index in [1.54, 1.807) is 0 Å². The van der Waals surface area contributed by atoms with Crippen LogP contribution in [-0.4, -0.2) is 16.4 Å². The Hall–Kier alpha value is -1.62. The molecule has 0 saturated heterocycles. The fourth-order valence-corrected chi connectivity index (χ4v) is 1.98. The minimum atomic E-state index is -0.444. The highest BCUT2D eigenvalue weighted by Gasteiger charge is 2.21. The van der Waals surface area contributed by atoms with E-state index < -0.39 is 5.54 Å². The highest BCUT2D eigenvalue weighted by molar-refractivity contribution is 7.80. The van der Waals surface area contributed by atoms with Gasteiger partial charge >= 0.3 is 0 Å². The summed E-state index contributed by atoms with van der Waals surface area (Å²) in [5.74, 6) is -0.350. The van der Waals surface area contributed by atoms with Crippen molar-refractivity contribution >= 4 is 28.8 Å². The second-order valence-electron chi connectivity index (χ2n) is 5.07. The molecule has 0 saturated carbocycles. The van der Waals surface area contributed by atoms with Gasteiger partial charge in [0, 0.05) is 23.2 Å². The zero-order valence-corrected chi connectivity index (χ0v) is 11.7. The summed E-state index contributed by atoms with van der Waals surface area (Å²) in [7, 11) is 0. The maximum Gasteiger partial charge on any atom is 0.219 e. The number of rotatable bonds is 5. The van der Waals surface area contributed by atoms with Crippen LogP contribution in [0.5, 0.6) is 0 Å². The first-order chi connectivity index (χ1) is 8.21. The standard InChI is InChI=1S/C13H19N3OS/c1-8-4-5-10(9(6-8)12(15)18)16-13(2,3)7-11(14)17/h4-6,16H,7H2,1-3H3,(H2,14,17)(H2,15,18). The zero-order chi connectivity index (χ0) is 13.9. The molecule has 4 nitrogen and oxygen atoms in total. The Labute approximate surface area is 113 Å². The summed E-state index contributed by atoms with van der Waals surface area (Å²) in [6, 6.07) is 5.79. The van der Waals surface area contributed by atoms with Crippen molar-refractivity contribution in [3.05, 3.63) is 29.3 Å². The molecule has 0 spiro atoms. The van der Waals surface area contributed by atoms with E-state index in [0.717, 1.165) is 16.8 Å². The summed E-state index contributed by atoms with van der Waals surface area (Å²) in [6.07, 6.45) is 0.234. The molecule has 18 heavy (non-hydrogen) atoms. The van der Waals surface area contributed by atoms with Crippen LogP contribution < -0.4 is 16.8 Å². The topological polar surface area (TPSA) is 81.1 Å². The Bertz CT molecular complexity index is 483. The van der Waals surface area contributed by atoms with Crippen molar-refractivity contribution in [2.45, 2.75) is 32.7 Å². The normalized spacial score (nSPS) is 11.1. The van der Waals surface area contributed by atoms with Gasteiger partial charge in [-0.25, -0.2) is 0 Å². The fraction of sp³-hybridized carbons (Fsp3) is 0.385. The van der Waals surface area contributed by atoms with Crippen molar-refractivity contribution in [1.29, 1.82) is 0 Å². The molecule has 1 rings (SSSR count). The van der Waals surface area contributed by atoms with Crippen LogP contribution >= 0.6 is 12.2 Å². The third-order valence-corrected chi connectivity index (χ3v) is 2.75. The third-order valence-electron chi connectivity index (χ3n) is 2.53. The zero-order valence-electron chi connectivity index (χ0n) is 10.9. The molecule has 0 aromatic heterocycles. The summed E-state index contributed by atoms with van der Waals surface area (Å²) in [4.78, 5) is 11.3. The number of hydrogen-bond acceptors (Lipinski definition) is 3. The molecule has 0 heterocycles. The molecule has 1 amide bonds. The van der Waals surface area contributed by atoms with E-state index in [1.165, 1.54) is 0 Å². The quantitative estimate of drug-likeness (QED) is 0.708. The Balaban J connectivity index is 3.03. The van der Waals surface area contributed by atoms with Crippen molar-refractivity contribution < 1.29 is 4.79 Å². The lowest BCUT2D eigenvalue weighted by Gasteiger charge is -2.27. The highest BCUT2D eigenvalue weighted by Crippen LogP contribution is 2.23. The van der Waals surface area contributed by atoms with Crippen LogP contribution in [0.4, 0.5) is 5.69 Å². The molecule has 0 unspecified atom stereocenters. The van der Waals surface area contributed by atoms with Crippen LogP contribution in [-0.2, 0) is 4.79 Å². The van der Waals surface area contributed by atoms with Crippen molar-refractivity contribution in [2.75, 3.05) is 5.32 Å². The van der Waals surface area contributed by atoms with Crippen molar-refractivity contribution in [1.82, 2.24) is 0 Å². The average molecular weight is 265 g/mol. The first-order valence-corrected chi connectivity index (χ1v) is 6.09. The van der Waals surface area contributed by atoms with Crippen LogP contribution in [0.25, 0.3) is 0 Å². The Kier molecular flexibility index (Phi) is 4.29. The first kappa shape index (κ1) is 14.4. The number of carbonyl (C=O) groups excluding carboxylic acids is 1. The van der Waals surface area contributed by atoms with Gasteiger partial charge in [0.2, 0.25) is 5.91 Å². The van der Waals surface area contributed by atoms with Gasteiger partial charge in [0.25, 0.3) is 0 Å². The highest BCUT2D eigenvalue weighted by atomic mass is 32.1. The van der Waals surface area contributed by atoms with Gasteiger partial charge in [0.1, 0.15) is 4.99 Å². The van der Waals surface area contributed by atoms with E-state index in [0.29, 0.717) is 4.99 Å². The van der Waals surface area contributed by atoms with Crippen molar-refractivity contribution in [3.8, 4) is 0 Å². The summed E-state index contributed by atoms with van der Waals surface area (Å²) in [5, 5.41) is 3.26. The van der Waals surface area contributed by atoms with Gasteiger partial charge in [0.05, 0.1) is 0 Å². The minimum absolute atomic E-state index is 0.234. The smallest absolute Gasteiger partial charge is 0.219 e. The van der Waals surface area contributed by atoms with Crippen molar-refractivity contribution in [3.63, 3.8) is 0 Å². The van der Waals surface area contributed by atoms with Crippen LogP contribution in [0.15, 0.2) is 18.2 Å². The van der Waals surface area contributed by atoms with Gasteiger partial charge in [-0.15, -0.1) is 0 Å². The molecule has 0 aliphatic rings. The number of aryl methyl sites for hydroxylation is 1. The van der Waals surface area contributed by atoms with E-state index in [1.807, 2.05) is 39.0 Å².